The summed E-state index contributed by atoms with van der Waals surface area (Å²) in [5, 5.41) is 13.5. The SMILES string of the molecule is OC1CCCCC1NCc1cc(Cl)ccc1OC(F)F. The summed E-state index contributed by atoms with van der Waals surface area (Å²) in [5.74, 6) is 0.113. The van der Waals surface area contributed by atoms with E-state index >= 15 is 0 Å². The fraction of sp³-hybridized carbons (Fsp3) is 0.571. The van der Waals surface area contributed by atoms with Crippen LogP contribution < -0.4 is 10.1 Å². The lowest BCUT2D eigenvalue weighted by Crippen LogP contribution is -2.41. The molecule has 20 heavy (non-hydrogen) atoms. The van der Waals surface area contributed by atoms with Crippen LogP contribution in [0, 0.1) is 0 Å². The van der Waals surface area contributed by atoms with Crippen LogP contribution in [0.5, 0.6) is 5.75 Å². The molecule has 1 saturated carbocycles. The van der Waals surface area contributed by atoms with E-state index in [1.807, 2.05) is 0 Å². The minimum absolute atomic E-state index is 0.0119. The summed E-state index contributed by atoms with van der Waals surface area (Å²) in [5.41, 5.74) is 0.565. The first kappa shape index (κ1) is 15.5. The second kappa shape index (κ2) is 7.20. The molecule has 1 aromatic carbocycles. The molecule has 0 aliphatic heterocycles. The van der Waals surface area contributed by atoms with Crippen LogP contribution in [-0.4, -0.2) is 23.9 Å². The molecule has 1 aliphatic carbocycles. The highest BCUT2D eigenvalue weighted by atomic mass is 35.5. The van der Waals surface area contributed by atoms with Crippen molar-refractivity contribution in [1.29, 1.82) is 0 Å². The van der Waals surface area contributed by atoms with Gasteiger partial charge in [-0.05, 0) is 31.0 Å². The largest absolute Gasteiger partial charge is 0.434 e. The summed E-state index contributed by atoms with van der Waals surface area (Å²) >= 11 is 5.88. The molecule has 112 valence electrons. The van der Waals surface area contributed by atoms with Gasteiger partial charge in [0.15, 0.2) is 0 Å². The normalized spacial score (nSPS) is 23.1. The van der Waals surface area contributed by atoms with E-state index in [4.69, 9.17) is 11.6 Å². The Morgan fingerprint density at radius 1 is 1.35 bits per heavy atom. The Balaban J connectivity index is 2.01. The molecule has 0 amide bonds. The van der Waals surface area contributed by atoms with E-state index in [1.54, 1.807) is 6.07 Å². The topological polar surface area (TPSA) is 41.5 Å². The number of hydrogen-bond donors (Lipinski definition) is 2. The van der Waals surface area contributed by atoms with Gasteiger partial charge in [-0.15, -0.1) is 0 Å². The number of aliphatic hydroxyl groups is 1. The molecule has 2 unspecified atom stereocenters. The van der Waals surface area contributed by atoms with Gasteiger partial charge in [0, 0.05) is 23.2 Å². The number of hydrogen-bond acceptors (Lipinski definition) is 3. The van der Waals surface area contributed by atoms with Crippen molar-refractivity contribution in [2.45, 2.75) is 51.0 Å². The third kappa shape index (κ3) is 4.30. The maximum absolute atomic E-state index is 12.3. The zero-order valence-electron chi connectivity index (χ0n) is 11.0. The third-order valence-electron chi connectivity index (χ3n) is 3.52. The highest BCUT2D eigenvalue weighted by Crippen LogP contribution is 2.25. The summed E-state index contributed by atoms with van der Waals surface area (Å²) in [4.78, 5) is 0. The second-order valence-corrected chi connectivity index (χ2v) is 5.41. The van der Waals surface area contributed by atoms with Gasteiger partial charge in [-0.25, -0.2) is 0 Å². The van der Waals surface area contributed by atoms with E-state index in [1.165, 1.54) is 12.1 Å². The van der Waals surface area contributed by atoms with Gasteiger partial charge >= 0.3 is 6.61 Å². The van der Waals surface area contributed by atoms with E-state index in [0.29, 0.717) is 17.1 Å². The standard InChI is InChI=1S/C14H18ClF2NO2/c15-10-5-6-13(20-14(16)17)9(7-10)8-18-11-3-1-2-4-12(11)19/h5-7,11-12,14,18-19H,1-4,8H2. The number of alkyl halides is 2. The van der Waals surface area contributed by atoms with Crippen LogP contribution >= 0.6 is 11.6 Å². The zero-order chi connectivity index (χ0) is 14.5. The quantitative estimate of drug-likeness (QED) is 0.877. The lowest BCUT2D eigenvalue weighted by molar-refractivity contribution is -0.0505. The Morgan fingerprint density at radius 2 is 2.10 bits per heavy atom. The van der Waals surface area contributed by atoms with Crippen LogP contribution in [0.15, 0.2) is 18.2 Å². The summed E-state index contributed by atoms with van der Waals surface area (Å²) in [6.07, 6.45) is 3.35. The molecule has 2 rings (SSSR count). The lowest BCUT2D eigenvalue weighted by Gasteiger charge is -2.28. The minimum atomic E-state index is -2.87. The average Bonchev–Trinajstić information content (AvgIpc) is 2.40. The van der Waals surface area contributed by atoms with Crippen molar-refractivity contribution in [3.8, 4) is 5.75 Å². The number of rotatable bonds is 5. The molecule has 1 fully saturated rings. The van der Waals surface area contributed by atoms with Crippen LogP contribution in [0.2, 0.25) is 5.02 Å². The molecule has 3 nitrogen and oxygen atoms in total. The van der Waals surface area contributed by atoms with Crippen LogP contribution in [-0.2, 0) is 6.54 Å². The molecule has 2 N–H and O–H groups in total. The fourth-order valence-electron chi connectivity index (χ4n) is 2.49. The van der Waals surface area contributed by atoms with Crippen molar-refractivity contribution in [3.63, 3.8) is 0 Å². The number of benzene rings is 1. The third-order valence-corrected chi connectivity index (χ3v) is 3.76. The molecule has 0 heterocycles. The number of aliphatic hydroxyl groups excluding tert-OH is 1. The average molecular weight is 306 g/mol. The molecule has 0 bridgehead atoms. The van der Waals surface area contributed by atoms with Gasteiger partial charge in [0.1, 0.15) is 5.75 Å². The molecule has 0 aromatic heterocycles. The summed E-state index contributed by atoms with van der Waals surface area (Å²) in [6, 6.07) is 4.53. The maximum atomic E-state index is 12.3. The molecule has 2 atom stereocenters. The molecule has 6 heteroatoms. The Bertz CT molecular complexity index is 445. The van der Waals surface area contributed by atoms with Crippen LogP contribution in [0.1, 0.15) is 31.2 Å². The van der Waals surface area contributed by atoms with Crippen molar-refractivity contribution in [2.24, 2.45) is 0 Å². The lowest BCUT2D eigenvalue weighted by atomic mass is 9.92. The molecular formula is C14H18ClF2NO2. The van der Waals surface area contributed by atoms with Gasteiger partial charge < -0.3 is 15.2 Å². The molecule has 1 aliphatic rings. The van der Waals surface area contributed by atoms with E-state index in [0.717, 1.165) is 25.7 Å². The molecule has 0 saturated heterocycles. The van der Waals surface area contributed by atoms with Gasteiger partial charge in [-0.1, -0.05) is 24.4 Å². The Morgan fingerprint density at radius 3 is 2.80 bits per heavy atom. The Kier molecular flexibility index (Phi) is 5.57. The van der Waals surface area contributed by atoms with Gasteiger partial charge in [-0.2, -0.15) is 8.78 Å². The summed E-state index contributed by atoms with van der Waals surface area (Å²) in [6.45, 7) is -2.53. The molecule has 0 radical (unpaired) electrons. The van der Waals surface area contributed by atoms with E-state index in [9.17, 15) is 13.9 Å². The Labute approximate surface area is 121 Å². The predicted octanol–water partition coefficient (Wildman–Crippen LogP) is 3.33. The van der Waals surface area contributed by atoms with Crippen molar-refractivity contribution in [3.05, 3.63) is 28.8 Å². The first-order valence-electron chi connectivity index (χ1n) is 6.71. The van der Waals surface area contributed by atoms with Crippen molar-refractivity contribution >= 4 is 11.6 Å². The van der Waals surface area contributed by atoms with Crippen LogP contribution in [0.4, 0.5) is 8.78 Å². The van der Waals surface area contributed by atoms with Gasteiger partial charge in [-0.3, -0.25) is 0 Å². The summed E-state index contributed by atoms with van der Waals surface area (Å²) < 4.78 is 29.2. The highest BCUT2D eigenvalue weighted by molar-refractivity contribution is 6.30. The number of halogens is 3. The second-order valence-electron chi connectivity index (χ2n) is 4.97. The Hall–Kier alpha value is -0.910. The predicted molar refractivity (Wildman–Crippen MR) is 73.2 cm³/mol. The molecule has 0 spiro atoms. The van der Waals surface area contributed by atoms with E-state index in [2.05, 4.69) is 10.1 Å². The van der Waals surface area contributed by atoms with Crippen molar-refractivity contribution < 1.29 is 18.6 Å². The van der Waals surface area contributed by atoms with Crippen LogP contribution in [0.3, 0.4) is 0 Å². The van der Waals surface area contributed by atoms with Gasteiger partial charge in [0.25, 0.3) is 0 Å². The number of ether oxygens (including phenoxy) is 1. The first-order valence-corrected chi connectivity index (χ1v) is 7.09. The summed E-state index contributed by atoms with van der Waals surface area (Å²) in [7, 11) is 0. The monoisotopic (exact) mass is 305 g/mol. The smallest absolute Gasteiger partial charge is 0.387 e. The number of nitrogens with one attached hydrogen (secondary N) is 1. The van der Waals surface area contributed by atoms with Crippen molar-refractivity contribution in [1.82, 2.24) is 5.32 Å². The first-order chi connectivity index (χ1) is 9.56. The van der Waals surface area contributed by atoms with Crippen molar-refractivity contribution in [2.75, 3.05) is 0 Å². The fourth-order valence-corrected chi connectivity index (χ4v) is 2.68. The van der Waals surface area contributed by atoms with E-state index in [-0.39, 0.29) is 17.9 Å². The highest BCUT2D eigenvalue weighted by Gasteiger charge is 2.22. The van der Waals surface area contributed by atoms with Crippen LogP contribution in [0.25, 0.3) is 0 Å². The van der Waals surface area contributed by atoms with E-state index < -0.39 is 6.61 Å². The van der Waals surface area contributed by atoms with Gasteiger partial charge in [0.05, 0.1) is 6.10 Å². The molecule has 1 aromatic rings. The molecular weight excluding hydrogens is 288 g/mol. The minimum Gasteiger partial charge on any atom is -0.434 e. The zero-order valence-corrected chi connectivity index (χ0v) is 11.7. The maximum Gasteiger partial charge on any atom is 0.387 e. The van der Waals surface area contributed by atoms with Gasteiger partial charge in [0.2, 0.25) is 0 Å².